The van der Waals surface area contributed by atoms with Crippen LogP contribution in [0.1, 0.15) is 0 Å². The molecule has 1 unspecified atom stereocenters. The lowest BCUT2D eigenvalue weighted by atomic mass is 10.2. The molecule has 1 atom stereocenters. The summed E-state index contributed by atoms with van der Waals surface area (Å²) >= 11 is 7.59. The van der Waals surface area contributed by atoms with Gasteiger partial charge in [-0.05, 0) is 29.6 Å². The number of nitrogens with two attached hydrogens (primary N) is 1. The second-order valence-electron chi connectivity index (χ2n) is 3.65. The van der Waals surface area contributed by atoms with Crippen molar-refractivity contribution in [2.24, 2.45) is 5.73 Å². The molecule has 17 heavy (non-hydrogen) atoms. The summed E-state index contributed by atoms with van der Waals surface area (Å²) in [6.07, 6.45) is 2.01. The van der Waals surface area contributed by atoms with Crippen molar-refractivity contribution in [2.75, 3.05) is 18.6 Å². The molecule has 0 radical (unpaired) electrons. The van der Waals surface area contributed by atoms with Gasteiger partial charge in [-0.1, -0.05) is 11.6 Å². The highest BCUT2D eigenvalue weighted by molar-refractivity contribution is 7.98. The Labute approximate surface area is 108 Å². The summed E-state index contributed by atoms with van der Waals surface area (Å²) in [6.45, 7) is 0.412. The Hall–Kier alpha value is -0.910. The Kier molecular flexibility index (Phi) is 4.15. The average molecular weight is 273 g/mol. The number of aromatic nitrogens is 1. The highest BCUT2D eigenvalue weighted by atomic mass is 35.5. The van der Waals surface area contributed by atoms with Gasteiger partial charge in [0.05, 0.1) is 5.39 Å². The van der Waals surface area contributed by atoms with Gasteiger partial charge in [0.1, 0.15) is 6.61 Å². The van der Waals surface area contributed by atoms with Crippen molar-refractivity contribution in [3.63, 3.8) is 0 Å². The molecule has 0 aliphatic carbocycles. The summed E-state index contributed by atoms with van der Waals surface area (Å²) in [4.78, 5) is 0. The zero-order chi connectivity index (χ0) is 12.3. The molecule has 0 fully saturated rings. The molecule has 92 valence electrons. The van der Waals surface area contributed by atoms with Gasteiger partial charge in [-0.3, -0.25) is 0 Å². The SMILES string of the molecule is CSCC(N)COc1noc2ccc(Cl)cc12. The molecule has 6 heteroatoms. The van der Waals surface area contributed by atoms with Crippen molar-refractivity contribution in [1.29, 1.82) is 0 Å². The van der Waals surface area contributed by atoms with Crippen LogP contribution in [0, 0.1) is 0 Å². The predicted octanol–water partition coefficient (Wildman–Crippen LogP) is 2.55. The smallest absolute Gasteiger partial charge is 0.262 e. The van der Waals surface area contributed by atoms with Gasteiger partial charge >= 0.3 is 0 Å². The molecule has 0 saturated heterocycles. The van der Waals surface area contributed by atoms with Gasteiger partial charge in [-0.15, -0.1) is 0 Å². The molecular formula is C11H13ClN2O2S. The Bertz CT molecular complexity index is 503. The number of thioether (sulfide) groups is 1. The molecule has 0 spiro atoms. The zero-order valence-corrected chi connectivity index (χ0v) is 10.9. The minimum Gasteiger partial charge on any atom is -0.473 e. The van der Waals surface area contributed by atoms with Crippen molar-refractivity contribution in [1.82, 2.24) is 5.16 Å². The second kappa shape index (κ2) is 5.62. The Morgan fingerprint density at radius 3 is 3.18 bits per heavy atom. The van der Waals surface area contributed by atoms with Gasteiger partial charge in [0, 0.05) is 16.8 Å². The maximum absolute atomic E-state index is 5.91. The van der Waals surface area contributed by atoms with E-state index in [2.05, 4.69) is 5.16 Å². The van der Waals surface area contributed by atoms with Crippen LogP contribution in [0.3, 0.4) is 0 Å². The molecule has 0 bridgehead atoms. The van der Waals surface area contributed by atoms with Crippen LogP contribution in [0.2, 0.25) is 5.02 Å². The Morgan fingerprint density at radius 2 is 2.41 bits per heavy atom. The summed E-state index contributed by atoms with van der Waals surface area (Å²) in [6, 6.07) is 5.26. The second-order valence-corrected chi connectivity index (χ2v) is 5.00. The summed E-state index contributed by atoms with van der Waals surface area (Å²) in [7, 11) is 0. The number of halogens is 1. The number of rotatable bonds is 5. The number of hydrogen-bond donors (Lipinski definition) is 1. The minimum atomic E-state index is -0.0177. The van der Waals surface area contributed by atoms with Gasteiger partial charge in [0.15, 0.2) is 5.58 Å². The first-order chi connectivity index (χ1) is 8.20. The molecule has 2 rings (SSSR count). The van der Waals surface area contributed by atoms with Gasteiger partial charge in [-0.2, -0.15) is 11.8 Å². The molecule has 0 aliphatic heterocycles. The van der Waals surface area contributed by atoms with Crippen molar-refractivity contribution in [2.45, 2.75) is 6.04 Å². The number of fused-ring (bicyclic) bond motifs is 1. The summed E-state index contributed by atoms with van der Waals surface area (Å²) < 4.78 is 10.6. The van der Waals surface area contributed by atoms with E-state index < -0.39 is 0 Å². The molecule has 0 saturated carbocycles. The summed E-state index contributed by atoms with van der Waals surface area (Å²) in [5.41, 5.74) is 6.50. The highest BCUT2D eigenvalue weighted by Gasteiger charge is 2.11. The number of ether oxygens (including phenoxy) is 1. The van der Waals surface area contributed by atoms with Crippen molar-refractivity contribution in [3.05, 3.63) is 23.2 Å². The first-order valence-electron chi connectivity index (χ1n) is 5.13. The third kappa shape index (κ3) is 3.06. The van der Waals surface area contributed by atoms with E-state index in [0.29, 0.717) is 23.1 Å². The first-order valence-corrected chi connectivity index (χ1v) is 6.90. The quantitative estimate of drug-likeness (QED) is 0.906. The van der Waals surface area contributed by atoms with E-state index in [9.17, 15) is 0 Å². The fraction of sp³-hybridized carbons (Fsp3) is 0.364. The van der Waals surface area contributed by atoms with E-state index in [1.807, 2.05) is 6.26 Å². The van der Waals surface area contributed by atoms with Crippen LogP contribution in [0.25, 0.3) is 11.0 Å². The maximum Gasteiger partial charge on any atom is 0.262 e. The van der Waals surface area contributed by atoms with Gasteiger partial charge in [-0.25, -0.2) is 0 Å². The minimum absolute atomic E-state index is 0.0177. The van der Waals surface area contributed by atoms with Crippen LogP contribution >= 0.6 is 23.4 Å². The van der Waals surface area contributed by atoms with Gasteiger partial charge < -0.3 is 15.0 Å². The van der Waals surface area contributed by atoms with Crippen molar-refractivity contribution >= 4 is 34.3 Å². The highest BCUT2D eigenvalue weighted by Crippen LogP contribution is 2.27. The van der Waals surface area contributed by atoms with Crippen LogP contribution in [-0.2, 0) is 0 Å². The summed E-state index contributed by atoms with van der Waals surface area (Å²) in [5.74, 6) is 1.29. The van der Waals surface area contributed by atoms with E-state index >= 15 is 0 Å². The Balaban J connectivity index is 2.10. The zero-order valence-electron chi connectivity index (χ0n) is 9.35. The number of hydrogen-bond acceptors (Lipinski definition) is 5. The van der Waals surface area contributed by atoms with Crippen molar-refractivity contribution in [3.8, 4) is 5.88 Å². The predicted molar refractivity (Wildman–Crippen MR) is 70.9 cm³/mol. The summed E-state index contributed by atoms with van der Waals surface area (Å²) in [5, 5.41) is 5.25. The maximum atomic E-state index is 5.91. The number of nitrogens with zero attached hydrogens (tertiary/aromatic N) is 1. The Morgan fingerprint density at radius 1 is 1.59 bits per heavy atom. The molecule has 2 aromatic rings. The standard InChI is InChI=1S/C11H13ClN2O2S/c1-17-6-8(13)5-15-11-9-4-7(12)2-3-10(9)16-14-11/h2-4,8H,5-6,13H2,1H3. The van der Waals surface area contributed by atoms with Crippen LogP contribution in [0.5, 0.6) is 5.88 Å². The normalized spacial score (nSPS) is 12.9. The van der Waals surface area contributed by atoms with E-state index in [4.69, 9.17) is 26.6 Å². The lowest BCUT2D eigenvalue weighted by molar-refractivity contribution is 0.270. The largest absolute Gasteiger partial charge is 0.473 e. The van der Waals surface area contributed by atoms with Gasteiger partial charge in [0.2, 0.25) is 0 Å². The van der Waals surface area contributed by atoms with E-state index in [1.165, 1.54) is 0 Å². The topological polar surface area (TPSA) is 61.3 Å². The lowest BCUT2D eigenvalue weighted by Crippen LogP contribution is -2.30. The molecule has 1 aromatic heterocycles. The van der Waals surface area contributed by atoms with E-state index in [0.717, 1.165) is 11.1 Å². The third-order valence-corrected chi connectivity index (χ3v) is 3.21. The molecular weight excluding hydrogens is 260 g/mol. The van der Waals surface area contributed by atoms with Crippen LogP contribution in [0.4, 0.5) is 0 Å². The fourth-order valence-corrected chi connectivity index (χ4v) is 2.14. The molecule has 1 heterocycles. The third-order valence-electron chi connectivity index (χ3n) is 2.21. The van der Waals surface area contributed by atoms with E-state index in [-0.39, 0.29) is 6.04 Å². The molecule has 0 aliphatic rings. The van der Waals surface area contributed by atoms with Crippen LogP contribution < -0.4 is 10.5 Å². The first kappa shape index (κ1) is 12.5. The fourth-order valence-electron chi connectivity index (χ4n) is 1.44. The molecule has 0 amide bonds. The van der Waals surface area contributed by atoms with Gasteiger partial charge in [0.25, 0.3) is 5.88 Å². The average Bonchev–Trinajstić information content (AvgIpc) is 2.69. The van der Waals surface area contributed by atoms with E-state index in [1.54, 1.807) is 30.0 Å². The molecule has 4 nitrogen and oxygen atoms in total. The van der Waals surface area contributed by atoms with Crippen molar-refractivity contribution < 1.29 is 9.26 Å². The van der Waals surface area contributed by atoms with Crippen LogP contribution in [0.15, 0.2) is 22.7 Å². The number of benzene rings is 1. The van der Waals surface area contributed by atoms with Crippen LogP contribution in [-0.4, -0.2) is 29.8 Å². The monoisotopic (exact) mass is 272 g/mol. The molecule has 2 N–H and O–H groups in total. The lowest BCUT2D eigenvalue weighted by Gasteiger charge is -2.09. The molecule has 1 aromatic carbocycles.